The molecular weight excluding hydrogens is 250 g/mol. The molecular formula is C16H21N3O. The Kier molecular flexibility index (Phi) is 3.49. The van der Waals surface area contributed by atoms with Crippen LogP contribution in [0, 0.1) is 5.92 Å². The molecule has 1 saturated heterocycles. The third-order valence-electron chi connectivity index (χ3n) is 4.22. The first-order valence-corrected chi connectivity index (χ1v) is 7.12. The van der Waals surface area contributed by atoms with Crippen molar-refractivity contribution in [3.63, 3.8) is 0 Å². The molecule has 1 aromatic carbocycles. The van der Waals surface area contributed by atoms with Crippen molar-refractivity contribution < 1.29 is 4.74 Å². The van der Waals surface area contributed by atoms with Gasteiger partial charge in [0.1, 0.15) is 11.6 Å². The van der Waals surface area contributed by atoms with Gasteiger partial charge < -0.3 is 15.4 Å². The molecule has 2 heterocycles. The van der Waals surface area contributed by atoms with Gasteiger partial charge in [-0.05, 0) is 49.4 Å². The highest BCUT2D eigenvalue weighted by molar-refractivity contribution is 5.93. The summed E-state index contributed by atoms with van der Waals surface area (Å²) in [5.41, 5.74) is 5.83. The molecule has 2 unspecified atom stereocenters. The minimum atomic E-state index is 0.479. The zero-order valence-electron chi connectivity index (χ0n) is 12.0. The van der Waals surface area contributed by atoms with Gasteiger partial charge in [-0.25, -0.2) is 4.98 Å². The standard InChI is InChI=1S/C16H21N3O/c1-11-7-12(9-17)10-19(11)16-15-8-14(20-2)4-3-13(15)5-6-18-16/h3-6,8,11-12H,7,9-10,17H2,1-2H3. The van der Waals surface area contributed by atoms with Crippen LogP contribution in [0.4, 0.5) is 5.82 Å². The monoisotopic (exact) mass is 271 g/mol. The van der Waals surface area contributed by atoms with E-state index in [4.69, 9.17) is 10.5 Å². The zero-order valence-corrected chi connectivity index (χ0v) is 12.0. The molecule has 106 valence electrons. The van der Waals surface area contributed by atoms with Gasteiger partial charge in [-0.15, -0.1) is 0 Å². The third kappa shape index (κ3) is 2.20. The number of pyridine rings is 1. The molecule has 20 heavy (non-hydrogen) atoms. The van der Waals surface area contributed by atoms with Gasteiger partial charge in [-0.3, -0.25) is 0 Å². The minimum Gasteiger partial charge on any atom is -0.497 e. The Morgan fingerprint density at radius 3 is 2.95 bits per heavy atom. The molecule has 1 aromatic heterocycles. The molecule has 0 saturated carbocycles. The predicted octanol–water partition coefficient (Wildman–Crippen LogP) is 2.42. The lowest BCUT2D eigenvalue weighted by molar-refractivity contribution is 0.415. The smallest absolute Gasteiger partial charge is 0.136 e. The molecule has 3 rings (SSSR count). The number of fused-ring (bicyclic) bond motifs is 1. The van der Waals surface area contributed by atoms with Crippen LogP contribution in [-0.4, -0.2) is 31.2 Å². The van der Waals surface area contributed by atoms with Crippen LogP contribution in [0.15, 0.2) is 30.5 Å². The van der Waals surface area contributed by atoms with Gasteiger partial charge in [-0.2, -0.15) is 0 Å². The second kappa shape index (κ2) is 5.29. The van der Waals surface area contributed by atoms with Gasteiger partial charge in [-0.1, -0.05) is 6.07 Å². The van der Waals surface area contributed by atoms with Crippen molar-refractivity contribution in [2.45, 2.75) is 19.4 Å². The largest absolute Gasteiger partial charge is 0.497 e. The average Bonchev–Trinajstić information content (AvgIpc) is 2.87. The summed E-state index contributed by atoms with van der Waals surface area (Å²) in [5, 5.41) is 2.34. The Hall–Kier alpha value is -1.81. The van der Waals surface area contributed by atoms with Crippen molar-refractivity contribution in [1.82, 2.24) is 4.98 Å². The quantitative estimate of drug-likeness (QED) is 0.931. The summed E-state index contributed by atoms with van der Waals surface area (Å²) in [4.78, 5) is 6.99. The highest BCUT2D eigenvalue weighted by Crippen LogP contribution is 2.33. The van der Waals surface area contributed by atoms with E-state index < -0.39 is 0 Å². The summed E-state index contributed by atoms with van der Waals surface area (Å²) >= 11 is 0. The molecule has 2 atom stereocenters. The van der Waals surface area contributed by atoms with Crippen LogP contribution in [0.1, 0.15) is 13.3 Å². The lowest BCUT2D eigenvalue weighted by Gasteiger charge is -2.24. The highest BCUT2D eigenvalue weighted by Gasteiger charge is 2.29. The summed E-state index contributed by atoms with van der Waals surface area (Å²) in [7, 11) is 1.69. The van der Waals surface area contributed by atoms with E-state index in [1.54, 1.807) is 7.11 Å². The number of nitrogens with zero attached hydrogens (tertiary/aromatic N) is 2. The van der Waals surface area contributed by atoms with Gasteiger partial charge >= 0.3 is 0 Å². The van der Waals surface area contributed by atoms with Crippen LogP contribution in [0.25, 0.3) is 10.8 Å². The van der Waals surface area contributed by atoms with E-state index in [9.17, 15) is 0 Å². The lowest BCUT2D eigenvalue weighted by atomic mass is 10.1. The van der Waals surface area contributed by atoms with Crippen molar-refractivity contribution in [1.29, 1.82) is 0 Å². The van der Waals surface area contributed by atoms with E-state index in [1.165, 1.54) is 5.39 Å². The number of anilines is 1. The minimum absolute atomic E-state index is 0.479. The SMILES string of the molecule is COc1ccc2ccnc(N3CC(CN)CC3C)c2c1. The summed E-state index contributed by atoms with van der Waals surface area (Å²) in [6, 6.07) is 8.66. The fraction of sp³-hybridized carbons (Fsp3) is 0.438. The van der Waals surface area contributed by atoms with E-state index >= 15 is 0 Å². The molecule has 4 heteroatoms. The number of methoxy groups -OCH3 is 1. The van der Waals surface area contributed by atoms with E-state index in [0.717, 1.165) is 36.5 Å². The van der Waals surface area contributed by atoms with Crippen LogP contribution >= 0.6 is 0 Å². The summed E-state index contributed by atoms with van der Waals surface area (Å²) < 4.78 is 5.34. The molecule has 2 aromatic rings. The molecule has 0 bridgehead atoms. The topological polar surface area (TPSA) is 51.4 Å². The van der Waals surface area contributed by atoms with Crippen molar-refractivity contribution in [3.8, 4) is 5.75 Å². The van der Waals surface area contributed by atoms with Crippen molar-refractivity contribution in [3.05, 3.63) is 30.5 Å². The second-order valence-corrected chi connectivity index (χ2v) is 5.56. The molecule has 0 spiro atoms. The van der Waals surface area contributed by atoms with Crippen molar-refractivity contribution >= 4 is 16.6 Å². The number of hydrogen-bond acceptors (Lipinski definition) is 4. The molecule has 0 aliphatic carbocycles. The van der Waals surface area contributed by atoms with Crippen LogP contribution in [-0.2, 0) is 0 Å². The normalized spacial score (nSPS) is 22.4. The van der Waals surface area contributed by atoms with E-state index in [1.807, 2.05) is 18.3 Å². The maximum Gasteiger partial charge on any atom is 0.136 e. The number of nitrogens with two attached hydrogens (primary N) is 1. The Balaban J connectivity index is 2.06. The van der Waals surface area contributed by atoms with Gasteiger partial charge in [0.05, 0.1) is 7.11 Å². The van der Waals surface area contributed by atoms with Gasteiger partial charge in [0, 0.05) is 24.2 Å². The number of hydrogen-bond donors (Lipinski definition) is 1. The number of ether oxygens (including phenoxy) is 1. The maximum absolute atomic E-state index is 5.83. The van der Waals surface area contributed by atoms with E-state index in [-0.39, 0.29) is 0 Å². The molecule has 0 amide bonds. The molecule has 4 nitrogen and oxygen atoms in total. The lowest BCUT2D eigenvalue weighted by Crippen LogP contribution is -2.28. The third-order valence-corrected chi connectivity index (χ3v) is 4.22. The van der Waals surface area contributed by atoms with Gasteiger partial charge in [0.15, 0.2) is 0 Å². The average molecular weight is 271 g/mol. The van der Waals surface area contributed by atoms with Crippen molar-refractivity contribution in [2.24, 2.45) is 11.7 Å². The van der Waals surface area contributed by atoms with E-state index in [2.05, 4.69) is 28.9 Å². The predicted molar refractivity (Wildman–Crippen MR) is 82.3 cm³/mol. The first-order chi connectivity index (χ1) is 9.72. The van der Waals surface area contributed by atoms with Crippen LogP contribution in [0.2, 0.25) is 0 Å². The zero-order chi connectivity index (χ0) is 14.1. The Bertz CT molecular complexity index is 614. The summed E-state index contributed by atoms with van der Waals surface area (Å²) in [5.74, 6) is 2.48. The summed E-state index contributed by atoms with van der Waals surface area (Å²) in [6.07, 6.45) is 3.02. The molecule has 2 N–H and O–H groups in total. The molecule has 1 aliphatic rings. The van der Waals surface area contributed by atoms with Gasteiger partial charge in [0.2, 0.25) is 0 Å². The van der Waals surface area contributed by atoms with Crippen LogP contribution < -0.4 is 15.4 Å². The molecule has 1 aliphatic heterocycles. The van der Waals surface area contributed by atoms with Gasteiger partial charge in [0.25, 0.3) is 0 Å². The fourth-order valence-corrected chi connectivity index (χ4v) is 3.10. The Morgan fingerprint density at radius 1 is 1.40 bits per heavy atom. The van der Waals surface area contributed by atoms with Crippen LogP contribution in [0.5, 0.6) is 5.75 Å². The number of benzene rings is 1. The first kappa shape index (κ1) is 13.2. The fourth-order valence-electron chi connectivity index (χ4n) is 3.10. The molecule has 0 radical (unpaired) electrons. The summed E-state index contributed by atoms with van der Waals surface area (Å²) in [6.45, 7) is 3.98. The number of aromatic nitrogens is 1. The van der Waals surface area contributed by atoms with E-state index in [0.29, 0.717) is 12.0 Å². The number of rotatable bonds is 3. The first-order valence-electron chi connectivity index (χ1n) is 7.12. The van der Waals surface area contributed by atoms with Crippen molar-refractivity contribution in [2.75, 3.05) is 25.1 Å². The molecule has 1 fully saturated rings. The maximum atomic E-state index is 5.83. The second-order valence-electron chi connectivity index (χ2n) is 5.56. The Morgan fingerprint density at radius 2 is 2.25 bits per heavy atom. The van der Waals surface area contributed by atoms with Crippen LogP contribution in [0.3, 0.4) is 0 Å². The highest BCUT2D eigenvalue weighted by atomic mass is 16.5. The Labute approximate surface area is 119 Å².